The fourth-order valence-electron chi connectivity index (χ4n) is 2.57. The molecule has 0 aliphatic carbocycles. The number of amides is 1. The first kappa shape index (κ1) is 25.8. The van der Waals surface area contributed by atoms with Crippen molar-refractivity contribution in [3.8, 4) is 5.75 Å². The number of carbonyl (C=O) groups is 2. The number of alkyl halides is 3. The number of hydrogen-bond donors (Lipinski definition) is 2. The average molecular weight is 530 g/mol. The van der Waals surface area contributed by atoms with Crippen LogP contribution in [-0.2, 0) is 16.6 Å². The van der Waals surface area contributed by atoms with Crippen molar-refractivity contribution in [3.05, 3.63) is 63.5 Å². The van der Waals surface area contributed by atoms with E-state index in [2.05, 4.69) is 26.2 Å². The minimum Gasteiger partial charge on any atom is -0.493 e. The number of benzene rings is 1. The zero-order valence-corrected chi connectivity index (χ0v) is 18.8. The highest BCUT2D eigenvalue weighted by atomic mass is 79.9. The Bertz CT molecular complexity index is 1180. The predicted octanol–water partition coefficient (Wildman–Crippen LogP) is 4.13. The number of nitrogens with one attached hydrogen (secondary N) is 1. The van der Waals surface area contributed by atoms with E-state index in [1.807, 2.05) is 30.3 Å². The maximum absolute atomic E-state index is 12.0. The van der Waals surface area contributed by atoms with E-state index in [-0.39, 0.29) is 11.5 Å². The molecule has 0 radical (unpaired) electrons. The van der Waals surface area contributed by atoms with E-state index in [4.69, 9.17) is 14.6 Å². The number of aromatic nitrogens is 2. The van der Waals surface area contributed by atoms with E-state index in [0.29, 0.717) is 31.0 Å². The van der Waals surface area contributed by atoms with Gasteiger partial charge in [0.15, 0.2) is 0 Å². The molecule has 8 nitrogen and oxygen atoms in total. The highest BCUT2D eigenvalue weighted by Crippen LogP contribution is 2.23. The van der Waals surface area contributed by atoms with E-state index >= 15 is 0 Å². The van der Waals surface area contributed by atoms with Gasteiger partial charge in [0.2, 0.25) is 5.91 Å². The standard InChI is InChI=1S/C19H18BrN3O3.C2HF3O2/c1-23-15-6-3-2-5-14(15)16(11-19(23)25)26-10-4-7-18(24)22-17-9-8-13(20)12-21-17;3-2(4,5)1(6)7/h2-3,5-6,8-9,11-12H,4,7,10H2,1H3,(H,21,22,24);(H,6,7). The van der Waals surface area contributed by atoms with E-state index in [0.717, 1.165) is 15.4 Å². The quantitative estimate of drug-likeness (QED) is 0.464. The summed E-state index contributed by atoms with van der Waals surface area (Å²) in [6, 6.07) is 12.6. The van der Waals surface area contributed by atoms with Crippen LogP contribution in [0, 0.1) is 0 Å². The third-order valence-corrected chi connectivity index (χ3v) is 4.63. The topological polar surface area (TPSA) is 111 Å². The normalized spacial score (nSPS) is 10.8. The maximum atomic E-state index is 12.0. The Morgan fingerprint density at radius 3 is 2.48 bits per heavy atom. The third-order valence-electron chi connectivity index (χ3n) is 4.16. The first-order chi connectivity index (χ1) is 15.5. The number of aryl methyl sites for hydroxylation is 1. The molecule has 3 rings (SSSR count). The number of nitrogens with zero attached hydrogens (tertiary/aromatic N) is 2. The fourth-order valence-corrected chi connectivity index (χ4v) is 2.80. The van der Waals surface area contributed by atoms with Gasteiger partial charge in [0.1, 0.15) is 11.6 Å². The molecule has 0 aliphatic rings. The van der Waals surface area contributed by atoms with Gasteiger partial charge in [-0.2, -0.15) is 13.2 Å². The van der Waals surface area contributed by atoms with Gasteiger partial charge in [0.25, 0.3) is 5.56 Å². The maximum Gasteiger partial charge on any atom is 0.490 e. The van der Waals surface area contributed by atoms with Crippen LogP contribution in [0.25, 0.3) is 10.9 Å². The Kier molecular flexibility index (Phi) is 8.97. The van der Waals surface area contributed by atoms with Crippen molar-refractivity contribution in [2.45, 2.75) is 19.0 Å². The largest absolute Gasteiger partial charge is 0.493 e. The zero-order valence-electron chi connectivity index (χ0n) is 17.2. The first-order valence-electron chi connectivity index (χ1n) is 9.42. The van der Waals surface area contributed by atoms with Crippen LogP contribution in [0.2, 0.25) is 0 Å². The molecule has 0 bridgehead atoms. The molecule has 0 unspecified atom stereocenters. The summed E-state index contributed by atoms with van der Waals surface area (Å²) in [6.07, 6.45) is -2.62. The van der Waals surface area contributed by atoms with E-state index in [9.17, 15) is 22.8 Å². The number of carbonyl (C=O) groups excluding carboxylic acids is 1. The van der Waals surface area contributed by atoms with Crippen molar-refractivity contribution in [1.82, 2.24) is 9.55 Å². The Labute approximate surface area is 194 Å². The molecule has 33 heavy (non-hydrogen) atoms. The summed E-state index contributed by atoms with van der Waals surface area (Å²) in [6.45, 7) is 0.346. The molecule has 176 valence electrons. The molecule has 0 fully saturated rings. The van der Waals surface area contributed by atoms with Crippen LogP contribution in [0.3, 0.4) is 0 Å². The fraction of sp³-hybridized carbons (Fsp3) is 0.238. The number of para-hydroxylation sites is 1. The summed E-state index contributed by atoms with van der Waals surface area (Å²) in [5.74, 6) is -1.83. The van der Waals surface area contributed by atoms with Crippen molar-refractivity contribution in [2.75, 3.05) is 11.9 Å². The number of fused-ring (bicyclic) bond motifs is 1. The molecular weight excluding hydrogens is 511 g/mol. The number of carboxylic acid groups (broad SMARTS) is 1. The predicted molar refractivity (Wildman–Crippen MR) is 118 cm³/mol. The molecule has 0 spiro atoms. The summed E-state index contributed by atoms with van der Waals surface area (Å²) in [7, 11) is 1.73. The Balaban J connectivity index is 0.000000479. The Morgan fingerprint density at radius 1 is 1.21 bits per heavy atom. The van der Waals surface area contributed by atoms with E-state index < -0.39 is 12.1 Å². The number of rotatable bonds is 6. The highest BCUT2D eigenvalue weighted by Gasteiger charge is 2.38. The SMILES string of the molecule is Cn1c(=O)cc(OCCCC(=O)Nc2ccc(Br)cn2)c2ccccc21.O=C(O)C(F)(F)F. The molecule has 0 atom stereocenters. The zero-order chi connectivity index (χ0) is 24.6. The molecule has 2 heterocycles. The van der Waals surface area contributed by atoms with Crippen molar-refractivity contribution in [3.63, 3.8) is 0 Å². The van der Waals surface area contributed by atoms with Crippen molar-refractivity contribution in [1.29, 1.82) is 0 Å². The summed E-state index contributed by atoms with van der Waals surface area (Å²) in [5, 5.41) is 10.7. The number of pyridine rings is 2. The molecule has 1 amide bonds. The van der Waals surface area contributed by atoms with Crippen molar-refractivity contribution in [2.24, 2.45) is 7.05 Å². The second kappa shape index (κ2) is 11.5. The minimum absolute atomic E-state index is 0.127. The smallest absolute Gasteiger partial charge is 0.490 e. The molecule has 2 aromatic heterocycles. The van der Waals surface area contributed by atoms with Gasteiger partial charge in [-0.1, -0.05) is 12.1 Å². The number of ether oxygens (including phenoxy) is 1. The Hall–Kier alpha value is -3.41. The Morgan fingerprint density at radius 2 is 1.88 bits per heavy atom. The van der Waals surface area contributed by atoms with Gasteiger partial charge in [-0.05, 0) is 46.6 Å². The first-order valence-corrected chi connectivity index (χ1v) is 10.2. The monoisotopic (exact) mass is 529 g/mol. The molecule has 1 aromatic carbocycles. The highest BCUT2D eigenvalue weighted by molar-refractivity contribution is 9.10. The van der Waals surface area contributed by atoms with Gasteiger partial charge in [-0.25, -0.2) is 9.78 Å². The van der Waals surface area contributed by atoms with Crippen LogP contribution >= 0.6 is 15.9 Å². The van der Waals surface area contributed by atoms with E-state index in [1.165, 1.54) is 6.07 Å². The summed E-state index contributed by atoms with van der Waals surface area (Å²) in [5.41, 5.74) is 0.687. The van der Waals surface area contributed by atoms with Crippen LogP contribution in [0.1, 0.15) is 12.8 Å². The molecule has 0 saturated carbocycles. The molecule has 2 N–H and O–H groups in total. The second-order valence-corrected chi connectivity index (χ2v) is 7.50. The number of carboxylic acids is 1. The molecular formula is C21H19BrF3N3O5. The van der Waals surface area contributed by atoms with Gasteiger partial charge in [-0.15, -0.1) is 0 Å². The van der Waals surface area contributed by atoms with Crippen molar-refractivity contribution < 1.29 is 32.6 Å². The van der Waals surface area contributed by atoms with Crippen LogP contribution < -0.4 is 15.6 Å². The average Bonchev–Trinajstić information content (AvgIpc) is 2.76. The van der Waals surface area contributed by atoms with Gasteiger partial charge in [0, 0.05) is 35.6 Å². The third kappa shape index (κ3) is 7.90. The number of halogens is 4. The lowest BCUT2D eigenvalue weighted by molar-refractivity contribution is -0.192. The van der Waals surface area contributed by atoms with Gasteiger partial charge in [0.05, 0.1) is 12.1 Å². The lowest BCUT2D eigenvalue weighted by Crippen LogP contribution is -2.21. The minimum atomic E-state index is -5.08. The van der Waals surface area contributed by atoms with Crippen LogP contribution in [0.4, 0.5) is 19.0 Å². The van der Waals surface area contributed by atoms with Gasteiger partial charge < -0.3 is 19.7 Å². The van der Waals surface area contributed by atoms with Crippen molar-refractivity contribution >= 4 is 44.5 Å². The lowest BCUT2D eigenvalue weighted by atomic mass is 10.2. The molecule has 12 heteroatoms. The molecule has 3 aromatic rings. The summed E-state index contributed by atoms with van der Waals surface area (Å²) in [4.78, 5) is 37.0. The molecule has 0 saturated heterocycles. The summed E-state index contributed by atoms with van der Waals surface area (Å²) >= 11 is 3.30. The number of hydrogen-bond acceptors (Lipinski definition) is 5. The molecule has 0 aliphatic heterocycles. The van der Waals surface area contributed by atoms with Crippen LogP contribution in [0.5, 0.6) is 5.75 Å². The second-order valence-electron chi connectivity index (χ2n) is 6.59. The summed E-state index contributed by atoms with van der Waals surface area (Å²) < 4.78 is 39.9. The van der Waals surface area contributed by atoms with Crippen LogP contribution in [-0.4, -0.2) is 39.3 Å². The van der Waals surface area contributed by atoms with E-state index in [1.54, 1.807) is 23.9 Å². The number of anilines is 1. The van der Waals surface area contributed by atoms with Crippen LogP contribution in [0.15, 0.2) is 57.9 Å². The lowest BCUT2D eigenvalue weighted by Gasteiger charge is -2.11. The van der Waals surface area contributed by atoms with Gasteiger partial charge in [-0.3, -0.25) is 9.59 Å². The number of aliphatic carboxylic acids is 1. The van der Waals surface area contributed by atoms with Gasteiger partial charge >= 0.3 is 12.1 Å².